The van der Waals surface area contributed by atoms with Gasteiger partial charge in [0.1, 0.15) is 5.76 Å². The van der Waals surface area contributed by atoms with Crippen LogP contribution < -0.4 is 0 Å². The Hall–Kier alpha value is -1.02. The first-order chi connectivity index (χ1) is 11.9. The first-order valence-corrected chi connectivity index (χ1v) is 9.86. The molecule has 5 heteroatoms. The van der Waals surface area contributed by atoms with Gasteiger partial charge < -0.3 is 4.74 Å². The van der Waals surface area contributed by atoms with Gasteiger partial charge in [0.2, 0.25) is 0 Å². The predicted octanol–water partition coefficient (Wildman–Crippen LogP) is 6.36. The second-order valence-electron chi connectivity index (χ2n) is 7.36. The standard InChI is InChI=1S/C20H29F2O2P/c1-13(12-18(25)19(22)14(2)21)24-20(23)17-10-8-16(9-11-17)15-6-4-3-5-7-15/h12,15-17H,2-11,25H2,1H3/b13-12+,19-18-. The molecule has 0 amide bonds. The zero-order chi connectivity index (χ0) is 18.4. The molecule has 25 heavy (non-hydrogen) atoms. The minimum Gasteiger partial charge on any atom is -0.431 e. The van der Waals surface area contributed by atoms with Crippen LogP contribution in [0.15, 0.2) is 35.4 Å². The Balaban J connectivity index is 1.84. The zero-order valence-corrected chi connectivity index (χ0v) is 16.2. The molecule has 2 aliphatic rings. The molecule has 1 unspecified atom stereocenters. The molecule has 0 N–H and O–H groups in total. The highest BCUT2D eigenvalue weighted by Gasteiger charge is 2.32. The van der Waals surface area contributed by atoms with Crippen molar-refractivity contribution in [3.05, 3.63) is 35.4 Å². The van der Waals surface area contributed by atoms with E-state index in [0.29, 0.717) is 0 Å². The molecule has 0 bridgehead atoms. The molecule has 0 heterocycles. The number of carbonyl (C=O) groups excluding carboxylic acids is 1. The van der Waals surface area contributed by atoms with E-state index in [2.05, 4.69) is 15.8 Å². The molecule has 0 aromatic heterocycles. The smallest absolute Gasteiger partial charge is 0.313 e. The second kappa shape index (κ2) is 9.62. The minimum absolute atomic E-state index is 0.0150. The van der Waals surface area contributed by atoms with Gasteiger partial charge in [0, 0.05) is 5.31 Å². The van der Waals surface area contributed by atoms with Crippen LogP contribution in [-0.2, 0) is 9.53 Å². The van der Waals surface area contributed by atoms with E-state index in [-0.39, 0.29) is 23.0 Å². The average Bonchev–Trinajstić information content (AvgIpc) is 2.61. The molecule has 2 saturated carbocycles. The van der Waals surface area contributed by atoms with Gasteiger partial charge in [-0.3, -0.25) is 4.79 Å². The topological polar surface area (TPSA) is 26.3 Å². The Labute approximate surface area is 152 Å². The highest BCUT2D eigenvalue weighted by Crippen LogP contribution is 2.40. The molecule has 2 rings (SSSR count). The van der Waals surface area contributed by atoms with E-state index in [9.17, 15) is 13.6 Å². The summed E-state index contributed by atoms with van der Waals surface area (Å²) < 4.78 is 31.5. The molecule has 0 radical (unpaired) electrons. The van der Waals surface area contributed by atoms with E-state index in [1.54, 1.807) is 6.92 Å². The van der Waals surface area contributed by atoms with Crippen molar-refractivity contribution in [1.82, 2.24) is 0 Å². The SMILES string of the molecule is C=C(F)/C(F)=C(P)\C=C(/C)OC(=O)C1CCC(C2CCCCC2)CC1. The first kappa shape index (κ1) is 20.3. The van der Waals surface area contributed by atoms with Gasteiger partial charge in [0.25, 0.3) is 0 Å². The number of ether oxygens (including phenoxy) is 1. The van der Waals surface area contributed by atoms with Gasteiger partial charge in [-0.2, -0.15) is 0 Å². The first-order valence-electron chi connectivity index (χ1n) is 9.28. The lowest BCUT2D eigenvalue weighted by Gasteiger charge is -2.35. The van der Waals surface area contributed by atoms with Crippen molar-refractivity contribution in [3.8, 4) is 0 Å². The molecule has 0 aliphatic heterocycles. The third kappa shape index (κ3) is 6.02. The summed E-state index contributed by atoms with van der Waals surface area (Å²) in [6.45, 7) is 4.49. The number of hydrogen-bond acceptors (Lipinski definition) is 2. The molecule has 2 nitrogen and oxygen atoms in total. The fourth-order valence-electron chi connectivity index (χ4n) is 4.14. The molecule has 1 atom stereocenters. The summed E-state index contributed by atoms with van der Waals surface area (Å²) in [5, 5.41) is -0.0150. The lowest BCUT2D eigenvalue weighted by Crippen LogP contribution is -2.27. The summed E-state index contributed by atoms with van der Waals surface area (Å²) in [6.07, 6.45) is 12.0. The highest BCUT2D eigenvalue weighted by atomic mass is 31.0. The number of hydrogen-bond donors (Lipinski definition) is 0. The lowest BCUT2D eigenvalue weighted by atomic mass is 9.71. The summed E-state index contributed by atoms with van der Waals surface area (Å²) >= 11 is 0. The average molecular weight is 370 g/mol. The maximum atomic E-state index is 13.4. The van der Waals surface area contributed by atoms with Crippen molar-refractivity contribution in [2.45, 2.75) is 64.7 Å². The van der Waals surface area contributed by atoms with Gasteiger partial charge in [0.05, 0.1) is 5.92 Å². The van der Waals surface area contributed by atoms with Crippen molar-refractivity contribution >= 4 is 15.2 Å². The number of esters is 1. The van der Waals surface area contributed by atoms with Crippen LogP contribution in [0.4, 0.5) is 8.78 Å². The van der Waals surface area contributed by atoms with Gasteiger partial charge in [-0.05, 0) is 50.5 Å². The molecule has 2 aliphatic carbocycles. The van der Waals surface area contributed by atoms with Gasteiger partial charge in [-0.25, -0.2) is 8.78 Å². The zero-order valence-electron chi connectivity index (χ0n) is 15.0. The van der Waals surface area contributed by atoms with Crippen molar-refractivity contribution in [2.24, 2.45) is 17.8 Å². The Morgan fingerprint density at radius 1 is 1.04 bits per heavy atom. The van der Waals surface area contributed by atoms with Crippen molar-refractivity contribution < 1.29 is 18.3 Å². The van der Waals surface area contributed by atoms with Crippen molar-refractivity contribution in [1.29, 1.82) is 0 Å². The number of allylic oxidation sites excluding steroid dienone is 5. The Morgan fingerprint density at radius 3 is 2.16 bits per heavy atom. The summed E-state index contributed by atoms with van der Waals surface area (Å²) in [5.74, 6) is -0.661. The third-order valence-corrected chi connectivity index (χ3v) is 5.95. The van der Waals surface area contributed by atoms with Gasteiger partial charge in [-0.1, -0.05) is 38.7 Å². The van der Waals surface area contributed by atoms with E-state index >= 15 is 0 Å². The van der Waals surface area contributed by atoms with Gasteiger partial charge in [0.15, 0.2) is 11.7 Å². The van der Waals surface area contributed by atoms with Crippen LogP contribution in [0.25, 0.3) is 0 Å². The fourth-order valence-corrected chi connectivity index (χ4v) is 4.53. The summed E-state index contributed by atoms with van der Waals surface area (Å²) in [5.41, 5.74) is 0. The quantitative estimate of drug-likeness (QED) is 0.244. The largest absolute Gasteiger partial charge is 0.431 e. The van der Waals surface area contributed by atoms with E-state index in [0.717, 1.165) is 37.5 Å². The van der Waals surface area contributed by atoms with Gasteiger partial charge >= 0.3 is 5.97 Å². The molecule has 0 saturated heterocycles. The van der Waals surface area contributed by atoms with Crippen LogP contribution in [0.1, 0.15) is 64.7 Å². The predicted molar refractivity (Wildman–Crippen MR) is 100.0 cm³/mol. The monoisotopic (exact) mass is 370 g/mol. The van der Waals surface area contributed by atoms with E-state index in [4.69, 9.17) is 4.74 Å². The summed E-state index contributed by atoms with van der Waals surface area (Å²) in [4.78, 5) is 12.3. The normalized spacial score (nSPS) is 26.8. The number of carbonyl (C=O) groups is 1. The summed E-state index contributed by atoms with van der Waals surface area (Å²) in [7, 11) is 2.09. The highest BCUT2D eigenvalue weighted by molar-refractivity contribution is 7.23. The maximum Gasteiger partial charge on any atom is 0.313 e. The molecule has 0 aromatic carbocycles. The molecule has 2 fully saturated rings. The molecule has 0 aromatic rings. The molecule has 0 spiro atoms. The lowest BCUT2D eigenvalue weighted by molar-refractivity contribution is -0.145. The fraction of sp³-hybridized carbons (Fsp3) is 0.650. The van der Waals surface area contributed by atoms with Crippen LogP contribution >= 0.6 is 9.24 Å². The van der Waals surface area contributed by atoms with Crippen LogP contribution in [-0.4, -0.2) is 5.97 Å². The van der Waals surface area contributed by atoms with Crippen LogP contribution in [0, 0.1) is 17.8 Å². The van der Waals surface area contributed by atoms with Crippen LogP contribution in [0.5, 0.6) is 0 Å². The minimum atomic E-state index is -1.14. The third-order valence-electron chi connectivity index (χ3n) is 5.53. The molecular weight excluding hydrogens is 341 g/mol. The van der Waals surface area contributed by atoms with E-state index in [1.165, 1.54) is 38.2 Å². The second-order valence-corrected chi connectivity index (χ2v) is 7.98. The Morgan fingerprint density at radius 2 is 1.60 bits per heavy atom. The summed E-state index contributed by atoms with van der Waals surface area (Å²) in [6, 6.07) is 0. The van der Waals surface area contributed by atoms with Crippen molar-refractivity contribution in [2.75, 3.05) is 0 Å². The number of rotatable bonds is 5. The number of halogens is 2. The van der Waals surface area contributed by atoms with Crippen LogP contribution in [0.2, 0.25) is 0 Å². The van der Waals surface area contributed by atoms with E-state index < -0.39 is 11.7 Å². The Kier molecular flexibility index (Phi) is 7.81. The maximum absolute atomic E-state index is 13.4. The van der Waals surface area contributed by atoms with E-state index in [1.807, 2.05) is 0 Å². The van der Waals surface area contributed by atoms with Gasteiger partial charge in [-0.15, -0.1) is 9.24 Å². The Bertz CT molecular complexity index is 554. The molecular formula is C20H29F2O2P. The van der Waals surface area contributed by atoms with Crippen LogP contribution in [0.3, 0.4) is 0 Å². The van der Waals surface area contributed by atoms with Crippen molar-refractivity contribution in [3.63, 3.8) is 0 Å². The molecule has 140 valence electrons.